The molecule has 0 atom stereocenters. The molecule has 134 valence electrons. The van der Waals surface area contributed by atoms with E-state index in [1.54, 1.807) is 0 Å². The Hall–Kier alpha value is -3.72. The molecule has 2 heterocycles. The summed E-state index contributed by atoms with van der Waals surface area (Å²) in [5.74, 6) is -0.672. The Balaban J connectivity index is 2.11. The first-order valence-corrected chi connectivity index (χ1v) is 7.97. The summed E-state index contributed by atoms with van der Waals surface area (Å²) in [6.45, 7) is 0. The highest BCUT2D eigenvalue weighted by molar-refractivity contribution is 6.31. The molecule has 0 aliphatic carbocycles. The number of nitrogens with zero attached hydrogens (tertiary/aromatic N) is 3. The second-order valence-electron chi connectivity index (χ2n) is 5.71. The van der Waals surface area contributed by atoms with Gasteiger partial charge in [-0.2, -0.15) is 4.68 Å². The Morgan fingerprint density at radius 3 is 2.70 bits per heavy atom. The minimum atomic E-state index is -0.748. The molecule has 9 nitrogen and oxygen atoms in total. The van der Waals surface area contributed by atoms with Crippen molar-refractivity contribution < 1.29 is 10.0 Å². The number of nitro groups is 1. The predicted octanol–water partition coefficient (Wildman–Crippen LogP) is 2.49. The number of halogens is 1. The van der Waals surface area contributed by atoms with E-state index in [9.17, 15) is 24.8 Å². The number of non-ortho nitro benzene ring substituents is 1. The van der Waals surface area contributed by atoms with Gasteiger partial charge in [-0.25, -0.2) is 0 Å². The van der Waals surface area contributed by atoms with Crippen molar-refractivity contribution in [1.29, 1.82) is 0 Å². The maximum absolute atomic E-state index is 12.9. The van der Waals surface area contributed by atoms with Gasteiger partial charge in [0, 0.05) is 22.5 Å². The number of nitro benzene ring substituents is 1. The zero-order chi connectivity index (χ0) is 19.3. The molecule has 2 N–H and O–H groups in total. The molecular formula is C17H9ClN4O5. The van der Waals surface area contributed by atoms with Crippen molar-refractivity contribution in [3.05, 3.63) is 78.2 Å². The lowest BCUT2D eigenvalue weighted by Crippen LogP contribution is -2.24. The zero-order valence-corrected chi connectivity index (χ0v) is 14.1. The highest BCUT2D eigenvalue weighted by atomic mass is 35.5. The molecule has 0 unspecified atom stereocenters. The molecule has 0 saturated carbocycles. The number of rotatable bonds is 2. The maximum Gasteiger partial charge on any atom is 0.296 e. The van der Waals surface area contributed by atoms with Gasteiger partial charge in [-0.1, -0.05) is 17.7 Å². The lowest BCUT2D eigenvalue weighted by atomic mass is 10.1. The van der Waals surface area contributed by atoms with Gasteiger partial charge in [0.25, 0.3) is 11.2 Å². The third kappa shape index (κ3) is 2.61. The van der Waals surface area contributed by atoms with Crippen molar-refractivity contribution in [3.8, 4) is 11.6 Å². The molecule has 0 fully saturated rings. The van der Waals surface area contributed by atoms with Gasteiger partial charge < -0.3 is 10.1 Å². The number of hydrogen-bond donors (Lipinski definition) is 2. The summed E-state index contributed by atoms with van der Waals surface area (Å²) >= 11 is 5.94. The Labute approximate surface area is 154 Å². The standard InChI is InChI=1S/C17H9ClN4O5/c18-8-4-5-11-12(6-8)19-14-13(15(11)23)16(24)20-21(17(14)25)9-2-1-3-10(7-9)22(26)27/h1-7H,(H,19,23)(H,20,24). The predicted molar refractivity (Wildman–Crippen MR) is 98.8 cm³/mol. The van der Waals surface area contributed by atoms with Crippen LogP contribution in [0.4, 0.5) is 5.69 Å². The summed E-state index contributed by atoms with van der Waals surface area (Å²) in [6.07, 6.45) is 0. The molecule has 4 rings (SSSR count). The fraction of sp³-hybridized carbons (Fsp3) is 0. The van der Waals surface area contributed by atoms with E-state index in [4.69, 9.17) is 11.6 Å². The van der Waals surface area contributed by atoms with Gasteiger partial charge in [-0.3, -0.25) is 19.7 Å². The van der Waals surface area contributed by atoms with Crippen LogP contribution >= 0.6 is 11.6 Å². The maximum atomic E-state index is 12.9. The van der Waals surface area contributed by atoms with Crippen molar-refractivity contribution in [3.63, 3.8) is 0 Å². The fourth-order valence-corrected chi connectivity index (χ4v) is 3.02. The first-order chi connectivity index (χ1) is 12.9. The van der Waals surface area contributed by atoms with Crippen LogP contribution in [0.15, 0.2) is 52.1 Å². The van der Waals surface area contributed by atoms with Crippen molar-refractivity contribution >= 4 is 39.1 Å². The molecule has 0 spiro atoms. The number of aromatic nitrogens is 3. The van der Waals surface area contributed by atoms with E-state index in [-0.39, 0.29) is 27.7 Å². The van der Waals surface area contributed by atoms with Gasteiger partial charge in [-0.05, 0) is 24.3 Å². The zero-order valence-electron chi connectivity index (χ0n) is 13.3. The SMILES string of the molecule is O=c1c2ccc(Cl)cc2[nH]c2c(=O)n(-c3cccc([N+](=O)[O-])c3)nc(O)c12. The minimum Gasteiger partial charge on any atom is -0.492 e. The van der Waals surface area contributed by atoms with Crippen molar-refractivity contribution in [2.24, 2.45) is 0 Å². The summed E-state index contributed by atoms with van der Waals surface area (Å²) in [4.78, 5) is 38.7. The Bertz CT molecular complexity index is 1380. The van der Waals surface area contributed by atoms with E-state index in [0.29, 0.717) is 10.5 Å². The first-order valence-electron chi connectivity index (χ1n) is 7.59. The van der Waals surface area contributed by atoms with E-state index in [1.807, 2.05) is 0 Å². The summed E-state index contributed by atoms with van der Waals surface area (Å²) in [7, 11) is 0. The van der Waals surface area contributed by atoms with Crippen LogP contribution in [0.5, 0.6) is 5.88 Å². The Morgan fingerprint density at radius 1 is 1.19 bits per heavy atom. The van der Waals surface area contributed by atoms with Gasteiger partial charge in [0.15, 0.2) is 0 Å². The van der Waals surface area contributed by atoms with Crippen molar-refractivity contribution in [2.45, 2.75) is 0 Å². The number of hydrogen-bond acceptors (Lipinski definition) is 6. The van der Waals surface area contributed by atoms with Crippen LogP contribution in [0.1, 0.15) is 0 Å². The lowest BCUT2D eigenvalue weighted by molar-refractivity contribution is -0.384. The lowest BCUT2D eigenvalue weighted by Gasteiger charge is -2.09. The quantitative estimate of drug-likeness (QED) is 0.310. The van der Waals surface area contributed by atoms with Crippen LogP contribution in [-0.2, 0) is 0 Å². The highest BCUT2D eigenvalue weighted by Gasteiger charge is 2.18. The fourth-order valence-electron chi connectivity index (χ4n) is 2.85. The second-order valence-corrected chi connectivity index (χ2v) is 6.15. The number of aromatic hydroxyl groups is 1. The minimum absolute atomic E-state index is 0.0680. The average molecular weight is 385 g/mol. The molecular weight excluding hydrogens is 376 g/mol. The molecule has 0 saturated heterocycles. The van der Waals surface area contributed by atoms with E-state index in [2.05, 4.69) is 10.1 Å². The third-order valence-electron chi connectivity index (χ3n) is 4.07. The summed E-state index contributed by atoms with van der Waals surface area (Å²) in [5.41, 5.74) is -1.38. The number of H-pyrrole nitrogens is 1. The van der Waals surface area contributed by atoms with Gasteiger partial charge in [0.2, 0.25) is 11.3 Å². The largest absolute Gasteiger partial charge is 0.492 e. The van der Waals surface area contributed by atoms with Crippen LogP contribution in [0.3, 0.4) is 0 Å². The molecule has 0 amide bonds. The molecule has 0 aliphatic rings. The van der Waals surface area contributed by atoms with Gasteiger partial charge in [0.1, 0.15) is 10.9 Å². The summed E-state index contributed by atoms with van der Waals surface area (Å²) < 4.78 is 0.789. The van der Waals surface area contributed by atoms with E-state index in [0.717, 1.165) is 10.7 Å². The van der Waals surface area contributed by atoms with Crippen molar-refractivity contribution in [2.75, 3.05) is 0 Å². The van der Waals surface area contributed by atoms with E-state index in [1.165, 1.54) is 36.4 Å². The molecule has 10 heteroatoms. The number of fused-ring (bicyclic) bond motifs is 2. The average Bonchev–Trinajstić information content (AvgIpc) is 2.64. The molecule has 2 aromatic carbocycles. The van der Waals surface area contributed by atoms with Crippen LogP contribution in [-0.4, -0.2) is 24.8 Å². The second kappa shape index (κ2) is 5.92. The highest BCUT2D eigenvalue weighted by Crippen LogP contribution is 2.22. The number of benzene rings is 2. The molecule has 0 bridgehead atoms. The van der Waals surface area contributed by atoms with E-state index < -0.39 is 21.8 Å². The molecule has 0 radical (unpaired) electrons. The molecule has 0 aliphatic heterocycles. The summed E-state index contributed by atoms with van der Waals surface area (Å²) in [5, 5.41) is 25.3. The van der Waals surface area contributed by atoms with Gasteiger partial charge in [0.05, 0.1) is 16.1 Å². The first kappa shape index (κ1) is 16.7. The van der Waals surface area contributed by atoms with Crippen LogP contribution in [0, 0.1) is 10.1 Å². The van der Waals surface area contributed by atoms with Crippen molar-refractivity contribution in [1.82, 2.24) is 14.8 Å². The number of aromatic amines is 1. The number of nitrogens with one attached hydrogen (secondary N) is 1. The molecule has 27 heavy (non-hydrogen) atoms. The molecule has 2 aromatic heterocycles. The van der Waals surface area contributed by atoms with Gasteiger partial charge in [-0.15, -0.1) is 5.10 Å². The Kier molecular flexibility index (Phi) is 3.67. The summed E-state index contributed by atoms with van der Waals surface area (Å²) in [6, 6.07) is 9.66. The normalized spacial score (nSPS) is 11.1. The van der Waals surface area contributed by atoms with Gasteiger partial charge >= 0.3 is 0 Å². The van der Waals surface area contributed by atoms with Crippen LogP contribution in [0.25, 0.3) is 27.5 Å². The van der Waals surface area contributed by atoms with Crippen LogP contribution in [0.2, 0.25) is 5.02 Å². The molecule has 4 aromatic rings. The van der Waals surface area contributed by atoms with E-state index >= 15 is 0 Å². The monoisotopic (exact) mass is 384 g/mol. The number of pyridine rings is 1. The Morgan fingerprint density at radius 2 is 1.96 bits per heavy atom. The smallest absolute Gasteiger partial charge is 0.296 e. The van der Waals surface area contributed by atoms with Crippen LogP contribution < -0.4 is 11.0 Å². The topological polar surface area (TPSA) is 131 Å². The third-order valence-corrected chi connectivity index (χ3v) is 4.31.